The molecule has 98 valence electrons. The maximum atomic E-state index is 11.3. The summed E-state index contributed by atoms with van der Waals surface area (Å²) >= 11 is 0. The summed E-state index contributed by atoms with van der Waals surface area (Å²) in [5.74, 6) is 0.449. The molecule has 0 aliphatic carbocycles. The van der Waals surface area contributed by atoms with E-state index in [0.29, 0.717) is 13.0 Å². The summed E-state index contributed by atoms with van der Waals surface area (Å²) in [7, 11) is 0. The summed E-state index contributed by atoms with van der Waals surface area (Å²) < 4.78 is 5.65. The highest BCUT2D eigenvalue weighted by molar-refractivity contribution is 5.78. The Balaban J connectivity index is 2.26. The van der Waals surface area contributed by atoms with E-state index in [2.05, 4.69) is 5.32 Å². The first-order valence-electron chi connectivity index (χ1n) is 6.03. The Morgan fingerprint density at radius 1 is 1.61 bits per heavy atom. The molecule has 0 aromatic heterocycles. The van der Waals surface area contributed by atoms with Crippen molar-refractivity contribution in [3.63, 3.8) is 0 Å². The van der Waals surface area contributed by atoms with Crippen LogP contribution in [0.2, 0.25) is 0 Å². The van der Waals surface area contributed by atoms with Crippen LogP contribution in [0.25, 0.3) is 0 Å². The first-order valence-corrected chi connectivity index (χ1v) is 6.03. The number of nitrogens with two attached hydrogens (primary N) is 1. The molecule has 0 bridgehead atoms. The molecule has 0 saturated heterocycles. The Labute approximate surface area is 106 Å². The molecule has 1 heterocycles. The molecule has 1 aliphatic heterocycles. The number of hydrogen-bond acceptors (Lipinski definition) is 4. The SMILES string of the molecule is Cc1cccc2c1OCCC(NC(=O)CN)C2O. The number of fused-ring (bicyclic) bond motifs is 1. The van der Waals surface area contributed by atoms with Gasteiger partial charge in [-0.1, -0.05) is 18.2 Å². The van der Waals surface area contributed by atoms with Gasteiger partial charge in [-0.15, -0.1) is 0 Å². The van der Waals surface area contributed by atoms with Crippen LogP contribution in [0.5, 0.6) is 5.75 Å². The average molecular weight is 250 g/mol. The van der Waals surface area contributed by atoms with E-state index in [1.807, 2.05) is 25.1 Å². The number of aliphatic hydroxyl groups is 1. The number of amides is 1. The van der Waals surface area contributed by atoms with Crippen LogP contribution in [0.4, 0.5) is 0 Å². The first kappa shape index (κ1) is 12.9. The Hall–Kier alpha value is -1.59. The lowest BCUT2D eigenvalue weighted by Gasteiger charge is -2.21. The van der Waals surface area contributed by atoms with E-state index in [4.69, 9.17) is 10.5 Å². The normalized spacial score (nSPS) is 22.6. The van der Waals surface area contributed by atoms with Gasteiger partial charge in [0.15, 0.2) is 0 Å². The molecule has 18 heavy (non-hydrogen) atoms. The van der Waals surface area contributed by atoms with Gasteiger partial charge in [-0.2, -0.15) is 0 Å². The van der Waals surface area contributed by atoms with Crippen molar-refractivity contribution < 1.29 is 14.6 Å². The monoisotopic (exact) mass is 250 g/mol. The highest BCUT2D eigenvalue weighted by atomic mass is 16.5. The zero-order chi connectivity index (χ0) is 13.1. The molecule has 2 rings (SSSR count). The lowest BCUT2D eigenvalue weighted by Crippen LogP contribution is -2.42. The number of aliphatic hydroxyl groups excluding tert-OH is 1. The highest BCUT2D eigenvalue weighted by Crippen LogP contribution is 2.33. The summed E-state index contributed by atoms with van der Waals surface area (Å²) in [5.41, 5.74) is 6.97. The third kappa shape index (κ3) is 2.47. The van der Waals surface area contributed by atoms with E-state index in [1.54, 1.807) is 0 Å². The minimum Gasteiger partial charge on any atom is -0.493 e. The van der Waals surface area contributed by atoms with E-state index in [9.17, 15) is 9.90 Å². The van der Waals surface area contributed by atoms with Crippen LogP contribution in [-0.4, -0.2) is 30.2 Å². The fraction of sp³-hybridized carbons (Fsp3) is 0.462. The van der Waals surface area contributed by atoms with Gasteiger partial charge >= 0.3 is 0 Å². The molecule has 5 nitrogen and oxygen atoms in total. The molecular weight excluding hydrogens is 232 g/mol. The average Bonchev–Trinajstić information content (AvgIpc) is 2.52. The molecule has 1 amide bonds. The van der Waals surface area contributed by atoms with Gasteiger partial charge in [0.1, 0.15) is 11.9 Å². The number of rotatable bonds is 2. The minimum atomic E-state index is -0.766. The highest BCUT2D eigenvalue weighted by Gasteiger charge is 2.28. The van der Waals surface area contributed by atoms with Gasteiger partial charge in [0.05, 0.1) is 19.2 Å². The second-order valence-corrected chi connectivity index (χ2v) is 4.45. The molecule has 1 aliphatic rings. The maximum Gasteiger partial charge on any atom is 0.234 e. The van der Waals surface area contributed by atoms with Gasteiger partial charge in [0.2, 0.25) is 5.91 Å². The van der Waals surface area contributed by atoms with Gasteiger partial charge in [0, 0.05) is 12.0 Å². The number of nitrogens with one attached hydrogen (secondary N) is 1. The summed E-state index contributed by atoms with van der Waals surface area (Å²) in [6.07, 6.45) is -0.209. The number of carbonyl (C=O) groups is 1. The van der Waals surface area contributed by atoms with E-state index < -0.39 is 6.10 Å². The number of hydrogen-bond donors (Lipinski definition) is 3. The topological polar surface area (TPSA) is 84.6 Å². The van der Waals surface area contributed by atoms with E-state index in [-0.39, 0.29) is 18.5 Å². The molecule has 0 radical (unpaired) electrons. The Bertz CT molecular complexity index is 448. The van der Waals surface area contributed by atoms with Crippen molar-refractivity contribution in [1.82, 2.24) is 5.32 Å². The van der Waals surface area contributed by atoms with Crippen LogP contribution in [-0.2, 0) is 4.79 Å². The standard InChI is InChI=1S/C13H18N2O3/c1-8-3-2-4-9-12(17)10(15-11(16)7-14)5-6-18-13(8)9/h2-4,10,12,17H,5-7,14H2,1H3,(H,15,16). The molecular formula is C13H18N2O3. The molecule has 2 atom stereocenters. The largest absolute Gasteiger partial charge is 0.493 e. The van der Waals surface area contributed by atoms with Gasteiger partial charge < -0.3 is 20.9 Å². The van der Waals surface area contributed by atoms with E-state index >= 15 is 0 Å². The smallest absolute Gasteiger partial charge is 0.234 e. The van der Waals surface area contributed by atoms with Crippen LogP contribution in [0.1, 0.15) is 23.7 Å². The Morgan fingerprint density at radius 2 is 2.39 bits per heavy atom. The van der Waals surface area contributed by atoms with Crippen molar-refractivity contribution in [3.8, 4) is 5.75 Å². The molecule has 4 N–H and O–H groups in total. The molecule has 1 aromatic carbocycles. The first-order chi connectivity index (χ1) is 8.63. The second-order valence-electron chi connectivity index (χ2n) is 4.45. The minimum absolute atomic E-state index is 0.0786. The number of benzene rings is 1. The predicted molar refractivity (Wildman–Crippen MR) is 67.2 cm³/mol. The van der Waals surface area contributed by atoms with Crippen molar-refractivity contribution >= 4 is 5.91 Å². The zero-order valence-electron chi connectivity index (χ0n) is 10.3. The number of ether oxygens (including phenoxy) is 1. The van der Waals surface area contributed by atoms with Gasteiger partial charge in [-0.3, -0.25) is 4.79 Å². The molecule has 2 unspecified atom stereocenters. The van der Waals surface area contributed by atoms with Crippen LogP contribution in [0, 0.1) is 6.92 Å². The lowest BCUT2D eigenvalue weighted by atomic mass is 9.98. The third-order valence-corrected chi connectivity index (χ3v) is 3.15. The number of para-hydroxylation sites is 1. The summed E-state index contributed by atoms with van der Waals surface area (Å²) in [6, 6.07) is 5.27. The fourth-order valence-electron chi connectivity index (χ4n) is 2.18. The van der Waals surface area contributed by atoms with E-state index in [0.717, 1.165) is 16.9 Å². The van der Waals surface area contributed by atoms with Gasteiger partial charge in [0.25, 0.3) is 0 Å². The molecule has 1 aromatic rings. The van der Waals surface area contributed by atoms with Crippen molar-refractivity contribution in [2.24, 2.45) is 5.73 Å². The van der Waals surface area contributed by atoms with Crippen molar-refractivity contribution in [2.45, 2.75) is 25.5 Å². The van der Waals surface area contributed by atoms with Crippen molar-refractivity contribution in [3.05, 3.63) is 29.3 Å². The molecule has 0 fully saturated rings. The molecule has 0 spiro atoms. The van der Waals surface area contributed by atoms with Crippen LogP contribution in [0.3, 0.4) is 0 Å². The fourth-order valence-corrected chi connectivity index (χ4v) is 2.18. The number of carbonyl (C=O) groups excluding carboxylic acids is 1. The van der Waals surface area contributed by atoms with Crippen LogP contribution in [0.15, 0.2) is 18.2 Å². The molecule has 0 saturated carbocycles. The Morgan fingerprint density at radius 3 is 3.11 bits per heavy atom. The second kappa shape index (κ2) is 5.37. The summed E-state index contributed by atoms with van der Waals surface area (Å²) in [4.78, 5) is 11.3. The number of aryl methyl sites for hydroxylation is 1. The van der Waals surface area contributed by atoms with Gasteiger partial charge in [-0.05, 0) is 12.5 Å². The third-order valence-electron chi connectivity index (χ3n) is 3.15. The predicted octanol–water partition coefficient (Wildman–Crippen LogP) is 0.254. The van der Waals surface area contributed by atoms with E-state index in [1.165, 1.54) is 0 Å². The van der Waals surface area contributed by atoms with Crippen molar-refractivity contribution in [2.75, 3.05) is 13.2 Å². The van der Waals surface area contributed by atoms with Gasteiger partial charge in [-0.25, -0.2) is 0 Å². The summed E-state index contributed by atoms with van der Waals surface area (Å²) in [5, 5.41) is 13.1. The zero-order valence-corrected chi connectivity index (χ0v) is 10.3. The Kier molecular flexibility index (Phi) is 3.84. The quantitative estimate of drug-likeness (QED) is 0.702. The maximum absolute atomic E-state index is 11.3. The van der Waals surface area contributed by atoms with Crippen molar-refractivity contribution in [1.29, 1.82) is 0 Å². The van der Waals surface area contributed by atoms with Crippen LogP contribution >= 0.6 is 0 Å². The lowest BCUT2D eigenvalue weighted by molar-refractivity contribution is -0.121. The van der Waals surface area contributed by atoms with Crippen LogP contribution < -0.4 is 15.8 Å². The molecule has 5 heteroatoms. The summed E-state index contributed by atoms with van der Waals surface area (Å²) in [6.45, 7) is 2.32.